The number of halogens is 3. The van der Waals surface area contributed by atoms with Gasteiger partial charge in [0, 0.05) is 10.9 Å². The molecule has 3 aromatic rings. The van der Waals surface area contributed by atoms with Gasteiger partial charge in [0.1, 0.15) is 0 Å². The van der Waals surface area contributed by atoms with E-state index in [0.717, 1.165) is 28.8 Å². The molecule has 0 atom stereocenters. The maximum absolute atomic E-state index is 13.1. The number of carbonyl (C=O) groups is 1. The van der Waals surface area contributed by atoms with Crippen LogP contribution < -0.4 is 5.32 Å². The third-order valence-electron chi connectivity index (χ3n) is 4.32. The van der Waals surface area contributed by atoms with E-state index in [1.165, 1.54) is 29.0 Å². The molecular weight excluding hydrogens is 373 g/mol. The van der Waals surface area contributed by atoms with E-state index in [0.29, 0.717) is 5.69 Å². The van der Waals surface area contributed by atoms with Gasteiger partial charge < -0.3 is 0 Å². The molecule has 0 saturated carbocycles. The van der Waals surface area contributed by atoms with Crippen LogP contribution >= 0.6 is 11.3 Å². The Bertz CT molecular complexity index is 1010. The summed E-state index contributed by atoms with van der Waals surface area (Å²) in [5.41, 5.74) is 3.56. The van der Waals surface area contributed by atoms with Crippen LogP contribution in [-0.2, 0) is 6.18 Å². The highest BCUT2D eigenvalue weighted by Crippen LogP contribution is 2.33. The maximum atomic E-state index is 13.1. The van der Waals surface area contributed by atoms with E-state index in [9.17, 15) is 18.0 Å². The Kier molecular flexibility index (Phi) is 5.06. The topological polar surface area (TPSA) is 42.0 Å². The smallest absolute Gasteiger partial charge is 0.298 e. The quantitative estimate of drug-likeness (QED) is 0.595. The lowest BCUT2D eigenvalue weighted by Gasteiger charge is -2.11. The van der Waals surface area contributed by atoms with Crippen molar-refractivity contribution in [3.05, 3.63) is 69.6 Å². The number of carbonyl (C=O) groups excluding carboxylic acids is 1. The van der Waals surface area contributed by atoms with Gasteiger partial charge in [-0.1, -0.05) is 18.2 Å². The number of rotatable bonds is 3. The molecule has 1 N–H and O–H groups in total. The van der Waals surface area contributed by atoms with Crippen LogP contribution in [0.3, 0.4) is 0 Å². The van der Waals surface area contributed by atoms with Crippen molar-refractivity contribution in [1.82, 2.24) is 4.98 Å². The molecule has 0 aliphatic carbocycles. The molecule has 1 heterocycles. The summed E-state index contributed by atoms with van der Waals surface area (Å²) in [6.45, 7) is 6.00. The van der Waals surface area contributed by atoms with Crippen molar-refractivity contribution in [3.63, 3.8) is 0 Å². The predicted octanol–water partition coefficient (Wildman–Crippen LogP) is 6.01. The zero-order chi connectivity index (χ0) is 19.8. The monoisotopic (exact) mass is 390 g/mol. The van der Waals surface area contributed by atoms with Gasteiger partial charge in [0.25, 0.3) is 5.91 Å². The van der Waals surface area contributed by atoms with Crippen LogP contribution in [0.5, 0.6) is 0 Å². The molecule has 140 valence electrons. The van der Waals surface area contributed by atoms with E-state index >= 15 is 0 Å². The number of hydrogen-bond acceptors (Lipinski definition) is 3. The minimum absolute atomic E-state index is 0.254. The number of hydrogen-bond donors (Lipinski definition) is 1. The van der Waals surface area contributed by atoms with Crippen molar-refractivity contribution in [2.75, 3.05) is 5.32 Å². The second-order valence-corrected chi connectivity index (χ2v) is 7.14. The summed E-state index contributed by atoms with van der Waals surface area (Å²) in [6, 6.07) is 8.77. The van der Waals surface area contributed by atoms with Crippen LogP contribution in [0.1, 0.15) is 32.6 Å². The average Bonchev–Trinajstić information content (AvgIpc) is 3.05. The van der Waals surface area contributed by atoms with Crippen molar-refractivity contribution in [2.24, 2.45) is 0 Å². The first kappa shape index (κ1) is 19.1. The van der Waals surface area contributed by atoms with E-state index in [2.05, 4.69) is 16.4 Å². The third kappa shape index (κ3) is 4.03. The largest absolute Gasteiger partial charge is 0.417 e. The molecule has 0 spiro atoms. The molecule has 27 heavy (non-hydrogen) atoms. The SMILES string of the molecule is Cc1cc(C)c(-c2csc(NC(=O)c3ccccc3C(F)(F)F)n2)cc1C. The van der Waals surface area contributed by atoms with Gasteiger partial charge in [0.05, 0.1) is 16.8 Å². The van der Waals surface area contributed by atoms with Gasteiger partial charge in [-0.15, -0.1) is 11.3 Å². The summed E-state index contributed by atoms with van der Waals surface area (Å²) >= 11 is 1.18. The predicted molar refractivity (Wildman–Crippen MR) is 101 cm³/mol. The number of anilines is 1. The average molecular weight is 390 g/mol. The maximum Gasteiger partial charge on any atom is 0.417 e. The van der Waals surface area contributed by atoms with Crippen LogP contribution in [-0.4, -0.2) is 10.9 Å². The Labute approximate surface area is 158 Å². The van der Waals surface area contributed by atoms with E-state index < -0.39 is 23.2 Å². The minimum Gasteiger partial charge on any atom is -0.298 e. The van der Waals surface area contributed by atoms with Crippen molar-refractivity contribution >= 4 is 22.4 Å². The standard InChI is InChI=1S/C20H17F3N2OS/c1-11-8-13(3)15(9-12(11)2)17-10-27-19(24-17)25-18(26)14-6-4-5-7-16(14)20(21,22)23/h4-10H,1-3H3,(H,24,25,26). The van der Waals surface area contributed by atoms with Crippen LogP contribution in [0.4, 0.5) is 18.3 Å². The third-order valence-corrected chi connectivity index (χ3v) is 5.08. The molecule has 1 aromatic heterocycles. The van der Waals surface area contributed by atoms with Gasteiger partial charge in [-0.25, -0.2) is 4.98 Å². The molecular formula is C20H17F3N2OS. The summed E-state index contributed by atoms with van der Waals surface area (Å²) in [5, 5.41) is 4.51. The summed E-state index contributed by atoms with van der Waals surface area (Å²) in [4.78, 5) is 16.7. The molecule has 2 aromatic carbocycles. The van der Waals surface area contributed by atoms with Crippen molar-refractivity contribution in [2.45, 2.75) is 26.9 Å². The lowest BCUT2D eigenvalue weighted by Crippen LogP contribution is -2.18. The van der Waals surface area contributed by atoms with Crippen LogP contribution in [0.15, 0.2) is 41.8 Å². The molecule has 1 amide bonds. The molecule has 3 rings (SSSR count). The Hall–Kier alpha value is -2.67. The van der Waals surface area contributed by atoms with Crippen molar-refractivity contribution in [1.29, 1.82) is 0 Å². The molecule has 0 radical (unpaired) electrons. The normalized spacial score (nSPS) is 11.5. The first-order valence-corrected chi connectivity index (χ1v) is 9.06. The van der Waals surface area contributed by atoms with Gasteiger partial charge in [0.15, 0.2) is 5.13 Å². The fraction of sp³-hybridized carbons (Fsp3) is 0.200. The van der Waals surface area contributed by atoms with E-state index in [-0.39, 0.29) is 5.13 Å². The lowest BCUT2D eigenvalue weighted by molar-refractivity contribution is -0.137. The number of benzene rings is 2. The molecule has 0 saturated heterocycles. The summed E-state index contributed by atoms with van der Waals surface area (Å²) in [6.07, 6.45) is -4.60. The summed E-state index contributed by atoms with van der Waals surface area (Å²) < 4.78 is 39.3. The Morgan fingerprint density at radius 2 is 1.70 bits per heavy atom. The summed E-state index contributed by atoms with van der Waals surface area (Å²) in [5.74, 6) is -0.833. The van der Waals surface area contributed by atoms with Gasteiger partial charge in [0.2, 0.25) is 0 Å². The van der Waals surface area contributed by atoms with Crippen LogP contribution in [0.25, 0.3) is 11.3 Å². The van der Waals surface area contributed by atoms with Crippen LogP contribution in [0.2, 0.25) is 0 Å². The van der Waals surface area contributed by atoms with Gasteiger partial charge in [-0.3, -0.25) is 10.1 Å². The van der Waals surface area contributed by atoms with E-state index in [4.69, 9.17) is 0 Å². The number of nitrogens with one attached hydrogen (secondary N) is 1. The Balaban J connectivity index is 1.87. The molecule has 3 nitrogen and oxygen atoms in total. The van der Waals surface area contributed by atoms with Crippen molar-refractivity contribution in [3.8, 4) is 11.3 Å². The van der Waals surface area contributed by atoms with Gasteiger partial charge in [-0.05, 0) is 55.7 Å². The number of amides is 1. The minimum atomic E-state index is -4.60. The Morgan fingerprint density at radius 3 is 2.41 bits per heavy atom. The van der Waals surface area contributed by atoms with Gasteiger partial charge >= 0.3 is 6.18 Å². The highest BCUT2D eigenvalue weighted by Gasteiger charge is 2.35. The fourth-order valence-corrected chi connectivity index (χ4v) is 3.49. The molecule has 0 bridgehead atoms. The molecule has 0 aliphatic rings. The molecule has 0 fully saturated rings. The zero-order valence-electron chi connectivity index (χ0n) is 14.9. The number of aromatic nitrogens is 1. The number of alkyl halides is 3. The van der Waals surface area contributed by atoms with E-state index in [1.807, 2.05) is 26.8 Å². The highest BCUT2D eigenvalue weighted by molar-refractivity contribution is 7.14. The van der Waals surface area contributed by atoms with Crippen molar-refractivity contribution < 1.29 is 18.0 Å². The number of nitrogens with zero attached hydrogens (tertiary/aromatic N) is 1. The second-order valence-electron chi connectivity index (χ2n) is 6.29. The summed E-state index contributed by atoms with van der Waals surface area (Å²) in [7, 11) is 0. The molecule has 0 unspecified atom stereocenters. The fourth-order valence-electron chi connectivity index (χ4n) is 2.78. The van der Waals surface area contributed by atoms with E-state index in [1.54, 1.807) is 5.38 Å². The number of thiazole rings is 1. The first-order valence-electron chi connectivity index (χ1n) is 8.18. The molecule has 0 aliphatic heterocycles. The zero-order valence-corrected chi connectivity index (χ0v) is 15.8. The van der Waals surface area contributed by atoms with Crippen LogP contribution in [0, 0.1) is 20.8 Å². The number of aryl methyl sites for hydroxylation is 3. The highest BCUT2D eigenvalue weighted by atomic mass is 32.1. The van der Waals surface area contributed by atoms with Gasteiger partial charge in [-0.2, -0.15) is 13.2 Å². The Morgan fingerprint density at radius 1 is 1.04 bits per heavy atom. The second kappa shape index (κ2) is 7.15. The first-order chi connectivity index (χ1) is 12.7. The molecule has 7 heteroatoms. The lowest BCUT2D eigenvalue weighted by atomic mass is 9.99.